The second-order valence-corrected chi connectivity index (χ2v) is 12.7. The Bertz CT molecular complexity index is 2410. The van der Waals surface area contributed by atoms with E-state index in [0.717, 1.165) is 22.1 Å². The molecule has 0 fully saturated rings. The summed E-state index contributed by atoms with van der Waals surface area (Å²) in [7, 11) is 0. The van der Waals surface area contributed by atoms with Crippen molar-refractivity contribution in [2.24, 2.45) is 0 Å². The molecule has 0 aliphatic heterocycles. The number of anilines is 3. The Morgan fingerprint density at radius 2 is 0.812 bits per heavy atom. The first kappa shape index (κ1) is 28.3. The molecule has 48 heavy (non-hydrogen) atoms. The molecular formula is C46H30ClN. The van der Waals surface area contributed by atoms with Gasteiger partial charge in [-0.15, -0.1) is 0 Å². The third kappa shape index (κ3) is 4.71. The van der Waals surface area contributed by atoms with Crippen LogP contribution in [0.15, 0.2) is 182 Å². The monoisotopic (exact) mass is 631 g/mol. The molecular weight excluding hydrogens is 602 g/mol. The van der Waals surface area contributed by atoms with Crippen molar-refractivity contribution in [2.45, 2.75) is 0 Å². The lowest BCUT2D eigenvalue weighted by Gasteiger charge is -2.26. The van der Waals surface area contributed by atoms with Crippen molar-refractivity contribution in [1.82, 2.24) is 0 Å². The van der Waals surface area contributed by atoms with Gasteiger partial charge in [0, 0.05) is 22.1 Å². The molecule has 0 spiro atoms. The number of hydrogen-bond donors (Lipinski definition) is 0. The van der Waals surface area contributed by atoms with Crippen LogP contribution in [0.25, 0.3) is 66.4 Å². The number of halogens is 1. The van der Waals surface area contributed by atoms with Crippen LogP contribution in [0.1, 0.15) is 0 Å². The Labute approximate surface area is 286 Å². The molecule has 1 aliphatic rings. The Kier molecular flexibility index (Phi) is 6.92. The quantitative estimate of drug-likeness (QED) is 0.176. The minimum Gasteiger partial charge on any atom is -0.311 e. The molecule has 8 aromatic rings. The van der Waals surface area contributed by atoms with E-state index in [1.165, 1.54) is 66.4 Å². The molecule has 0 N–H and O–H groups in total. The van der Waals surface area contributed by atoms with Crippen LogP contribution in [0.3, 0.4) is 0 Å². The van der Waals surface area contributed by atoms with Gasteiger partial charge in [0.25, 0.3) is 0 Å². The molecule has 1 nitrogen and oxygen atoms in total. The summed E-state index contributed by atoms with van der Waals surface area (Å²) in [6.07, 6.45) is 0. The second kappa shape index (κ2) is 11.7. The normalized spacial score (nSPS) is 11.4. The van der Waals surface area contributed by atoms with E-state index in [2.05, 4.69) is 175 Å². The molecule has 9 rings (SSSR count). The van der Waals surface area contributed by atoms with Crippen LogP contribution in [0.2, 0.25) is 5.02 Å². The molecule has 8 aromatic carbocycles. The van der Waals surface area contributed by atoms with Gasteiger partial charge >= 0.3 is 0 Å². The average molecular weight is 632 g/mol. The molecule has 0 radical (unpaired) electrons. The van der Waals surface area contributed by atoms with E-state index in [9.17, 15) is 0 Å². The SMILES string of the molecule is Clc1ccc(N(c2ccccc2)c2ccc(-c3cc(-c4ccccc4)c4c(c3-c3ccccc3)-c3cccc5cccc-4c35)cc2)cc1. The van der Waals surface area contributed by atoms with Crippen LogP contribution in [-0.2, 0) is 0 Å². The molecule has 0 bridgehead atoms. The lowest BCUT2D eigenvalue weighted by Crippen LogP contribution is -2.09. The first-order valence-electron chi connectivity index (χ1n) is 16.3. The molecule has 0 atom stereocenters. The van der Waals surface area contributed by atoms with Gasteiger partial charge in [-0.25, -0.2) is 0 Å². The zero-order valence-corrected chi connectivity index (χ0v) is 26.9. The zero-order chi connectivity index (χ0) is 32.0. The maximum Gasteiger partial charge on any atom is 0.0462 e. The van der Waals surface area contributed by atoms with E-state index in [-0.39, 0.29) is 0 Å². The summed E-state index contributed by atoms with van der Waals surface area (Å²) >= 11 is 6.30. The van der Waals surface area contributed by atoms with Gasteiger partial charge in [-0.05, 0) is 121 Å². The van der Waals surface area contributed by atoms with Gasteiger partial charge in [-0.1, -0.05) is 139 Å². The van der Waals surface area contributed by atoms with Crippen LogP contribution in [0.5, 0.6) is 0 Å². The number of rotatable bonds is 6. The topological polar surface area (TPSA) is 3.24 Å². The van der Waals surface area contributed by atoms with Gasteiger partial charge in [0.05, 0.1) is 0 Å². The summed E-state index contributed by atoms with van der Waals surface area (Å²) in [6, 6.07) is 65.1. The van der Waals surface area contributed by atoms with Crippen LogP contribution < -0.4 is 4.90 Å². The third-order valence-corrected chi connectivity index (χ3v) is 9.71. The van der Waals surface area contributed by atoms with E-state index in [0.29, 0.717) is 0 Å². The maximum atomic E-state index is 6.30. The largest absolute Gasteiger partial charge is 0.311 e. The molecule has 0 heterocycles. The second-order valence-electron chi connectivity index (χ2n) is 12.2. The highest BCUT2D eigenvalue weighted by atomic mass is 35.5. The van der Waals surface area contributed by atoms with Crippen molar-refractivity contribution < 1.29 is 0 Å². The molecule has 2 heteroatoms. The van der Waals surface area contributed by atoms with E-state index in [1.807, 2.05) is 12.1 Å². The van der Waals surface area contributed by atoms with Crippen molar-refractivity contribution in [3.63, 3.8) is 0 Å². The lowest BCUT2D eigenvalue weighted by atomic mass is 9.82. The Balaban J connectivity index is 1.30. The van der Waals surface area contributed by atoms with Gasteiger partial charge < -0.3 is 4.90 Å². The van der Waals surface area contributed by atoms with Gasteiger partial charge in [-0.2, -0.15) is 0 Å². The molecule has 0 saturated carbocycles. The molecule has 226 valence electrons. The van der Waals surface area contributed by atoms with Crippen molar-refractivity contribution in [2.75, 3.05) is 4.90 Å². The number of hydrogen-bond acceptors (Lipinski definition) is 1. The molecule has 1 aliphatic carbocycles. The van der Waals surface area contributed by atoms with Crippen LogP contribution in [0.4, 0.5) is 17.1 Å². The average Bonchev–Trinajstić information content (AvgIpc) is 3.49. The fourth-order valence-electron chi connectivity index (χ4n) is 7.37. The lowest BCUT2D eigenvalue weighted by molar-refractivity contribution is 1.28. The smallest absolute Gasteiger partial charge is 0.0462 e. The van der Waals surface area contributed by atoms with E-state index in [4.69, 9.17) is 11.6 Å². The number of fused-ring (bicyclic) bond motifs is 3. The molecule has 0 aromatic heterocycles. The highest BCUT2D eigenvalue weighted by Gasteiger charge is 2.30. The molecule has 0 unspecified atom stereocenters. The van der Waals surface area contributed by atoms with E-state index in [1.54, 1.807) is 0 Å². The minimum atomic E-state index is 0.722. The highest BCUT2D eigenvalue weighted by molar-refractivity contribution is 6.30. The van der Waals surface area contributed by atoms with Crippen LogP contribution in [0, 0.1) is 0 Å². The third-order valence-electron chi connectivity index (χ3n) is 9.45. The van der Waals surface area contributed by atoms with Crippen LogP contribution in [-0.4, -0.2) is 0 Å². The first-order valence-corrected chi connectivity index (χ1v) is 16.7. The minimum absolute atomic E-state index is 0.722. The number of benzene rings is 8. The standard InChI is InChI=1S/C46H30ClN/c47-35-24-28-38(29-25-35)48(36-18-8-3-9-19-36)37-26-22-32(23-27-37)41-30-42(31-12-4-1-5-13-31)45-39-20-10-16-33-17-11-21-40(43(33)39)46(45)44(41)34-14-6-2-7-15-34/h1-30H. The Morgan fingerprint density at radius 3 is 1.44 bits per heavy atom. The van der Waals surface area contributed by atoms with Crippen molar-refractivity contribution in [1.29, 1.82) is 0 Å². The van der Waals surface area contributed by atoms with Gasteiger partial charge in [0.1, 0.15) is 0 Å². The fraction of sp³-hybridized carbons (Fsp3) is 0. The predicted molar refractivity (Wildman–Crippen MR) is 204 cm³/mol. The van der Waals surface area contributed by atoms with E-state index >= 15 is 0 Å². The maximum absolute atomic E-state index is 6.30. The van der Waals surface area contributed by atoms with Crippen molar-refractivity contribution in [3.05, 3.63) is 187 Å². The summed E-state index contributed by atoms with van der Waals surface area (Å²) in [5, 5.41) is 3.32. The van der Waals surface area contributed by atoms with Crippen LogP contribution >= 0.6 is 11.6 Å². The highest BCUT2D eigenvalue weighted by Crippen LogP contribution is 2.57. The van der Waals surface area contributed by atoms with Gasteiger partial charge in [-0.3, -0.25) is 0 Å². The van der Waals surface area contributed by atoms with Crippen molar-refractivity contribution in [3.8, 4) is 55.6 Å². The fourth-order valence-corrected chi connectivity index (χ4v) is 7.50. The summed E-state index contributed by atoms with van der Waals surface area (Å²) in [6.45, 7) is 0. The zero-order valence-electron chi connectivity index (χ0n) is 26.1. The summed E-state index contributed by atoms with van der Waals surface area (Å²) in [4.78, 5) is 2.27. The summed E-state index contributed by atoms with van der Waals surface area (Å²) in [5.74, 6) is 0. The molecule has 0 amide bonds. The predicted octanol–water partition coefficient (Wildman–Crippen LogP) is 13.6. The first-order chi connectivity index (χ1) is 23.7. The van der Waals surface area contributed by atoms with Crippen molar-refractivity contribution >= 4 is 39.4 Å². The molecule has 0 saturated heterocycles. The summed E-state index contributed by atoms with van der Waals surface area (Å²) < 4.78 is 0. The Hall–Kier alpha value is -5.89. The summed E-state index contributed by atoms with van der Waals surface area (Å²) in [5.41, 5.74) is 15.8. The Morgan fingerprint density at radius 1 is 0.333 bits per heavy atom. The van der Waals surface area contributed by atoms with E-state index < -0.39 is 0 Å². The number of nitrogens with zero attached hydrogens (tertiary/aromatic N) is 1. The van der Waals surface area contributed by atoms with Gasteiger partial charge in [0.2, 0.25) is 0 Å². The number of para-hydroxylation sites is 1. The van der Waals surface area contributed by atoms with Gasteiger partial charge in [0.15, 0.2) is 0 Å².